The van der Waals surface area contributed by atoms with Crippen LogP contribution in [0.15, 0.2) is 60.7 Å². The fourth-order valence-electron chi connectivity index (χ4n) is 3.45. The zero-order chi connectivity index (χ0) is 20.9. The van der Waals surface area contributed by atoms with Crippen LogP contribution in [0.5, 0.6) is 0 Å². The standard InChI is InChI=1S/C21H28N4O3S/c1-22(2)29(27,28)25(20-11-7-4-8-12-20)18-21(26)24-15-13-23(14-16-24)17-19-9-5-3-6-10-19/h3-12H,13-18H2,1-2H3/p+1. The number of benzene rings is 2. The minimum absolute atomic E-state index is 0.168. The SMILES string of the molecule is CN(C)S(=O)(=O)N(CC(=O)N1CC[NH+](Cc2ccccc2)CC1)c1ccccc1. The molecule has 2 aromatic carbocycles. The Morgan fingerprint density at radius 2 is 1.52 bits per heavy atom. The van der Waals surface area contributed by atoms with Crippen molar-refractivity contribution in [2.75, 3.05) is 51.1 Å². The first-order chi connectivity index (χ1) is 13.9. The van der Waals surface area contributed by atoms with Gasteiger partial charge < -0.3 is 9.80 Å². The number of carbonyl (C=O) groups excluding carboxylic acids is 1. The molecule has 0 atom stereocenters. The minimum Gasteiger partial charge on any atom is -0.330 e. The van der Waals surface area contributed by atoms with Gasteiger partial charge in [0.25, 0.3) is 0 Å². The average Bonchev–Trinajstić information content (AvgIpc) is 2.73. The van der Waals surface area contributed by atoms with E-state index in [4.69, 9.17) is 0 Å². The number of quaternary nitrogens is 1. The summed E-state index contributed by atoms with van der Waals surface area (Å²) >= 11 is 0. The number of piperazine rings is 1. The topological polar surface area (TPSA) is 65.4 Å². The Hall–Kier alpha value is -2.42. The maximum absolute atomic E-state index is 12.9. The third-order valence-electron chi connectivity index (χ3n) is 5.18. The Labute approximate surface area is 173 Å². The molecule has 156 valence electrons. The van der Waals surface area contributed by atoms with E-state index >= 15 is 0 Å². The number of rotatable bonds is 7. The molecule has 1 heterocycles. The number of carbonyl (C=O) groups is 1. The van der Waals surface area contributed by atoms with Crippen LogP contribution in [0.3, 0.4) is 0 Å². The molecule has 29 heavy (non-hydrogen) atoms. The molecule has 0 aromatic heterocycles. The first-order valence-electron chi connectivity index (χ1n) is 9.78. The molecule has 1 amide bonds. The van der Waals surface area contributed by atoms with Gasteiger partial charge in [0.1, 0.15) is 13.1 Å². The van der Waals surface area contributed by atoms with Crippen LogP contribution in [-0.4, -0.2) is 70.3 Å². The number of nitrogens with one attached hydrogen (secondary N) is 1. The summed E-state index contributed by atoms with van der Waals surface area (Å²) in [5, 5.41) is 0. The highest BCUT2D eigenvalue weighted by molar-refractivity contribution is 7.90. The van der Waals surface area contributed by atoms with E-state index in [2.05, 4.69) is 12.1 Å². The molecule has 3 rings (SSSR count). The van der Waals surface area contributed by atoms with Gasteiger partial charge in [0.2, 0.25) is 5.91 Å². The lowest BCUT2D eigenvalue weighted by Crippen LogP contribution is -3.13. The van der Waals surface area contributed by atoms with Crippen LogP contribution in [0.2, 0.25) is 0 Å². The highest BCUT2D eigenvalue weighted by Gasteiger charge is 2.31. The molecule has 0 bridgehead atoms. The van der Waals surface area contributed by atoms with Crippen molar-refractivity contribution in [1.82, 2.24) is 9.21 Å². The van der Waals surface area contributed by atoms with E-state index in [1.165, 1.54) is 28.9 Å². The Balaban J connectivity index is 1.63. The summed E-state index contributed by atoms with van der Waals surface area (Å²) in [7, 11) is -0.816. The molecular formula is C21H29N4O3S+. The van der Waals surface area contributed by atoms with Crippen LogP contribution in [0.4, 0.5) is 5.69 Å². The zero-order valence-electron chi connectivity index (χ0n) is 17.0. The van der Waals surface area contributed by atoms with Gasteiger partial charge in [-0.15, -0.1) is 0 Å². The molecule has 0 saturated carbocycles. The Kier molecular flexibility index (Phi) is 6.89. The number of para-hydroxylation sites is 1. The summed E-state index contributed by atoms with van der Waals surface area (Å²) in [6.07, 6.45) is 0. The van der Waals surface area contributed by atoms with Crippen molar-refractivity contribution in [3.63, 3.8) is 0 Å². The Bertz CT molecular complexity index is 896. The van der Waals surface area contributed by atoms with Crippen molar-refractivity contribution in [1.29, 1.82) is 0 Å². The first-order valence-corrected chi connectivity index (χ1v) is 11.2. The molecule has 8 heteroatoms. The third-order valence-corrected chi connectivity index (χ3v) is 7.00. The second-order valence-electron chi connectivity index (χ2n) is 7.43. The zero-order valence-corrected chi connectivity index (χ0v) is 17.8. The maximum Gasteiger partial charge on any atom is 0.304 e. The summed E-state index contributed by atoms with van der Waals surface area (Å²) in [5.41, 5.74) is 1.78. The second kappa shape index (κ2) is 9.39. The molecule has 1 aliphatic rings. The van der Waals surface area contributed by atoms with Crippen molar-refractivity contribution < 1.29 is 18.1 Å². The lowest BCUT2D eigenvalue weighted by Gasteiger charge is -2.34. The van der Waals surface area contributed by atoms with Gasteiger partial charge in [0.05, 0.1) is 31.9 Å². The normalized spacial score (nSPS) is 15.5. The van der Waals surface area contributed by atoms with Gasteiger partial charge in [-0.05, 0) is 12.1 Å². The lowest BCUT2D eigenvalue weighted by atomic mass is 10.2. The lowest BCUT2D eigenvalue weighted by molar-refractivity contribution is -0.917. The molecule has 0 spiro atoms. The van der Waals surface area contributed by atoms with E-state index in [-0.39, 0.29) is 12.5 Å². The number of anilines is 1. The van der Waals surface area contributed by atoms with Crippen LogP contribution in [0.1, 0.15) is 5.56 Å². The van der Waals surface area contributed by atoms with Crippen molar-refractivity contribution in [3.8, 4) is 0 Å². The molecule has 1 aliphatic heterocycles. The summed E-state index contributed by atoms with van der Waals surface area (Å²) in [6.45, 7) is 3.71. The highest BCUT2D eigenvalue weighted by Crippen LogP contribution is 2.19. The molecule has 2 aromatic rings. The fourth-order valence-corrected chi connectivity index (χ4v) is 4.51. The average molecular weight is 418 g/mol. The number of nitrogens with zero attached hydrogens (tertiary/aromatic N) is 3. The van der Waals surface area contributed by atoms with Crippen LogP contribution in [0.25, 0.3) is 0 Å². The van der Waals surface area contributed by atoms with Gasteiger partial charge in [-0.25, -0.2) is 4.31 Å². The molecule has 0 aliphatic carbocycles. The summed E-state index contributed by atoms with van der Waals surface area (Å²) < 4.78 is 27.9. The van der Waals surface area contributed by atoms with Crippen LogP contribution in [0, 0.1) is 0 Å². The van der Waals surface area contributed by atoms with Crippen molar-refractivity contribution in [3.05, 3.63) is 66.2 Å². The summed E-state index contributed by atoms with van der Waals surface area (Å²) in [4.78, 5) is 16.1. The van der Waals surface area contributed by atoms with Gasteiger partial charge in [-0.2, -0.15) is 12.7 Å². The fraction of sp³-hybridized carbons (Fsp3) is 0.381. The van der Waals surface area contributed by atoms with Crippen LogP contribution in [-0.2, 0) is 21.5 Å². The Morgan fingerprint density at radius 1 is 0.966 bits per heavy atom. The smallest absolute Gasteiger partial charge is 0.304 e. The van der Waals surface area contributed by atoms with Crippen LogP contribution >= 0.6 is 0 Å². The largest absolute Gasteiger partial charge is 0.330 e. The van der Waals surface area contributed by atoms with Crippen LogP contribution < -0.4 is 9.21 Å². The van der Waals surface area contributed by atoms with Crippen molar-refractivity contribution >= 4 is 21.8 Å². The van der Waals surface area contributed by atoms with Gasteiger partial charge >= 0.3 is 10.2 Å². The monoisotopic (exact) mass is 417 g/mol. The molecular weight excluding hydrogens is 388 g/mol. The predicted molar refractivity (Wildman–Crippen MR) is 114 cm³/mol. The summed E-state index contributed by atoms with van der Waals surface area (Å²) in [5.74, 6) is -0.168. The van der Waals surface area contributed by atoms with Gasteiger partial charge in [-0.1, -0.05) is 48.5 Å². The molecule has 1 fully saturated rings. The maximum atomic E-state index is 12.9. The second-order valence-corrected chi connectivity index (χ2v) is 9.49. The van der Waals surface area contributed by atoms with Crippen molar-refractivity contribution in [2.24, 2.45) is 0 Å². The molecule has 0 unspecified atom stereocenters. The number of amides is 1. The number of hydrogen-bond donors (Lipinski definition) is 1. The first kappa shape index (κ1) is 21.3. The molecule has 1 saturated heterocycles. The third kappa shape index (κ3) is 5.35. The highest BCUT2D eigenvalue weighted by atomic mass is 32.2. The molecule has 1 N–H and O–H groups in total. The van der Waals surface area contributed by atoms with Gasteiger partial charge in [0.15, 0.2) is 0 Å². The summed E-state index contributed by atoms with van der Waals surface area (Å²) in [6, 6.07) is 19.1. The van der Waals surface area contributed by atoms with E-state index in [0.717, 1.165) is 23.9 Å². The molecule has 0 radical (unpaired) electrons. The Morgan fingerprint density at radius 3 is 2.07 bits per heavy atom. The minimum atomic E-state index is -3.76. The quantitative estimate of drug-likeness (QED) is 0.701. The van der Waals surface area contributed by atoms with E-state index in [0.29, 0.717) is 18.8 Å². The predicted octanol–water partition coefficient (Wildman–Crippen LogP) is 0.227. The van der Waals surface area contributed by atoms with E-state index in [1.54, 1.807) is 29.2 Å². The van der Waals surface area contributed by atoms with E-state index < -0.39 is 10.2 Å². The molecule has 7 nitrogen and oxygen atoms in total. The van der Waals surface area contributed by atoms with E-state index in [9.17, 15) is 13.2 Å². The van der Waals surface area contributed by atoms with E-state index in [1.807, 2.05) is 24.3 Å². The van der Waals surface area contributed by atoms with Gasteiger partial charge in [0, 0.05) is 19.7 Å². The number of hydrogen-bond acceptors (Lipinski definition) is 3. The van der Waals surface area contributed by atoms with Gasteiger partial charge in [-0.3, -0.25) is 4.79 Å². The van der Waals surface area contributed by atoms with Crippen molar-refractivity contribution in [2.45, 2.75) is 6.54 Å².